The first-order valence-corrected chi connectivity index (χ1v) is 7.87. The number of benzene rings is 2. The van der Waals surface area contributed by atoms with Crippen LogP contribution in [0.3, 0.4) is 0 Å². The maximum Gasteiger partial charge on any atom is 0.175 e. The third-order valence-electron chi connectivity index (χ3n) is 3.17. The first kappa shape index (κ1) is 15.5. The fraction of sp³-hybridized carbons (Fsp3) is 0.0588. The summed E-state index contributed by atoms with van der Waals surface area (Å²) in [5.41, 5.74) is 2.92. The number of nitrogens with zero attached hydrogens (tertiary/aromatic N) is 2. The van der Waals surface area contributed by atoms with Crippen LogP contribution >= 0.6 is 23.8 Å². The standard InChI is InChI=1S/C17H15ClN4S/c18-14-5-2-7-16(11-14)21-17(23)20-15-6-1-4-13(10-15)12-22-9-3-8-19-22/h1-11H,12H2,(H2,20,21,23). The van der Waals surface area contributed by atoms with E-state index in [0.717, 1.165) is 23.5 Å². The fourth-order valence-electron chi connectivity index (χ4n) is 2.19. The Bertz CT molecular complexity index is 802. The maximum absolute atomic E-state index is 5.96. The van der Waals surface area contributed by atoms with Crippen LogP contribution in [-0.2, 0) is 6.54 Å². The number of nitrogens with one attached hydrogen (secondary N) is 2. The largest absolute Gasteiger partial charge is 0.332 e. The van der Waals surface area contributed by atoms with Crippen LogP contribution in [0.25, 0.3) is 0 Å². The Hall–Kier alpha value is -2.37. The van der Waals surface area contributed by atoms with Crippen molar-refractivity contribution in [3.05, 3.63) is 77.6 Å². The van der Waals surface area contributed by atoms with Crippen LogP contribution in [0.1, 0.15) is 5.56 Å². The fourth-order valence-corrected chi connectivity index (χ4v) is 2.61. The normalized spacial score (nSPS) is 10.3. The van der Waals surface area contributed by atoms with Crippen molar-refractivity contribution in [1.29, 1.82) is 0 Å². The summed E-state index contributed by atoms with van der Waals surface area (Å²) >= 11 is 11.3. The van der Waals surface area contributed by atoms with E-state index >= 15 is 0 Å². The van der Waals surface area contributed by atoms with Gasteiger partial charge in [0.25, 0.3) is 0 Å². The Labute approximate surface area is 145 Å². The monoisotopic (exact) mass is 342 g/mol. The lowest BCUT2D eigenvalue weighted by Gasteiger charge is -2.12. The summed E-state index contributed by atoms with van der Waals surface area (Å²) in [6.45, 7) is 0.719. The Morgan fingerprint density at radius 3 is 2.48 bits per heavy atom. The molecule has 0 saturated carbocycles. The zero-order valence-electron chi connectivity index (χ0n) is 12.2. The number of halogens is 1. The SMILES string of the molecule is S=C(Nc1cccc(Cl)c1)Nc1cccc(Cn2cccn2)c1. The lowest BCUT2D eigenvalue weighted by atomic mass is 10.2. The second kappa shape index (κ2) is 7.26. The molecule has 0 bridgehead atoms. The molecule has 0 spiro atoms. The van der Waals surface area contributed by atoms with Gasteiger partial charge in [0.2, 0.25) is 0 Å². The highest BCUT2D eigenvalue weighted by Gasteiger charge is 2.02. The van der Waals surface area contributed by atoms with Crippen molar-refractivity contribution in [3.8, 4) is 0 Å². The predicted molar refractivity (Wildman–Crippen MR) is 99.1 cm³/mol. The molecule has 1 heterocycles. The number of anilines is 2. The van der Waals surface area contributed by atoms with Gasteiger partial charge in [-0.2, -0.15) is 5.10 Å². The molecule has 0 aliphatic heterocycles. The van der Waals surface area contributed by atoms with E-state index in [1.54, 1.807) is 6.20 Å². The molecule has 2 aromatic carbocycles. The van der Waals surface area contributed by atoms with Gasteiger partial charge in [0.1, 0.15) is 0 Å². The molecule has 1 aromatic heterocycles. The third-order valence-corrected chi connectivity index (χ3v) is 3.61. The molecule has 4 nitrogen and oxygen atoms in total. The van der Waals surface area contributed by atoms with Gasteiger partial charge in [0.05, 0.1) is 6.54 Å². The van der Waals surface area contributed by atoms with Gasteiger partial charge >= 0.3 is 0 Å². The van der Waals surface area contributed by atoms with E-state index in [4.69, 9.17) is 23.8 Å². The minimum Gasteiger partial charge on any atom is -0.332 e. The molecule has 0 saturated heterocycles. The zero-order chi connectivity index (χ0) is 16.1. The number of hydrogen-bond acceptors (Lipinski definition) is 2. The van der Waals surface area contributed by atoms with E-state index in [9.17, 15) is 0 Å². The first-order valence-electron chi connectivity index (χ1n) is 7.09. The molecule has 0 aliphatic rings. The minimum atomic E-state index is 0.517. The van der Waals surface area contributed by atoms with Gasteiger partial charge in [-0.05, 0) is 54.2 Å². The number of aromatic nitrogens is 2. The summed E-state index contributed by atoms with van der Waals surface area (Å²) in [5, 5.41) is 11.7. The Morgan fingerprint density at radius 2 is 1.78 bits per heavy atom. The van der Waals surface area contributed by atoms with Gasteiger partial charge in [0.15, 0.2) is 5.11 Å². The average Bonchev–Trinajstić information content (AvgIpc) is 3.00. The second-order valence-electron chi connectivity index (χ2n) is 4.99. The quantitative estimate of drug-likeness (QED) is 0.690. The van der Waals surface area contributed by atoms with Crippen LogP contribution in [0.2, 0.25) is 5.02 Å². The van der Waals surface area contributed by atoms with E-state index in [1.807, 2.05) is 59.4 Å². The van der Waals surface area contributed by atoms with Gasteiger partial charge in [0, 0.05) is 28.8 Å². The molecule has 0 aliphatic carbocycles. The van der Waals surface area contributed by atoms with Crippen LogP contribution < -0.4 is 10.6 Å². The molecule has 23 heavy (non-hydrogen) atoms. The summed E-state index contributed by atoms with van der Waals surface area (Å²) in [4.78, 5) is 0. The van der Waals surface area contributed by atoms with Crippen LogP contribution in [0, 0.1) is 0 Å². The second-order valence-corrected chi connectivity index (χ2v) is 5.84. The maximum atomic E-state index is 5.96. The van der Waals surface area contributed by atoms with Gasteiger partial charge < -0.3 is 10.6 Å². The van der Waals surface area contributed by atoms with E-state index in [2.05, 4.69) is 21.8 Å². The molecular weight excluding hydrogens is 328 g/mol. The van der Waals surface area contributed by atoms with Gasteiger partial charge in [-0.3, -0.25) is 4.68 Å². The summed E-state index contributed by atoms with van der Waals surface area (Å²) in [6, 6.07) is 17.4. The Balaban J connectivity index is 1.64. The lowest BCUT2D eigenvalue weighted by molar-refractivity contribution is 0.687. The summed E-state index contributed by atoms with van der Waals surface area (Å²) in [5.74, 6) is 0. The summed E-state index contributed by atoms with van der Waals surface area (Å²) in [6.07, 6.45) is 3.71. The zero-order valence-corrected chi connectivity index (χ0v) is 13.8. The number of rotatable bonds is 4. The van der Waals surface area contributed by atoms with E-state index < -0.39 is 0 Å². The molecule has 0 radical (unpaired) electrons. The van der Waals surface area contributed by atoms with Crippen molar-refractivity contribution in [3.63, 3.8) is 0 Å². The van der Waals surface area contributed by atoms with Crippen LogP contribution in [0.4, 0.5) is 11.4 Å². The summed E-state index contributed by atoms with van der Waals surface area (Å²) in [7, 11) is 0. The van der Waals surface area contributed by atoms with Crippen molar-refractivity contribution < 1.29 is 0 Å². The highest BCUT2D eigenvalue weighted by molar-refractivity contribution is 7.80. The van der Waals surface area contributed by atoms with Crippen molar-refractivity contribution in [1.82, 2.24) is 9.78 Å². The topological polar surface area (TPSA) is 41.9 Å². The van der Waals surface area contributed by atoms with Crippen LogP contribution in [0.5, 0.6) is 0 Å². The van der Waals surface area contributed by atoms with Crippen molar-refractivity contribution >= 4 is 40.3 Å². The molecule has 0 fully saturated rings. The van der Waals surface area contributed by atoms with Gasteiger partial charge in [-0.15, -0.1) is 0 Å². The summed E-state index contributed by atoms with van der Waals surface area (Å²) < 4.78 is 1.88. The van der Waals surface area contributed by atoms with Crippen LogP contribution in [0.15, 0.2) is 67.0 Å². The number of hydrogen-bond donors (Lipinski definition) is 2. The van der Waals surface area contributed by atoms with Gasteiger partial charge in [-0.25, -0.2) is 0 Å². The highest BCUT2D eigenvalue weighted by atomic mass is 35.5. The van der Waals surface area contributed by atoms with Crippen LogP contribution in [-0.4, -0.2) is 14.9 Å². The Morgan fingerprint density at radius 1 is 1.04 bits per heavy atom. The molecule has 0 amide bonds. The molecule has 3 aromatic rings. The predicted octanol–water partition coefficient (Wildman–Crippen LogP) is 4.39. The van der Waals surface area contributed by atoms with Crippen molar-refractivity contribution in [2.45, 2.75) is 6.54 Å². The van der Waals surface area contributed by atoms with E-state index in [1.165, 1.54) is 0 Å². The minimum absolute atomic E-state index is 0.517. The molecule has 0 atom stereocenters. The highest BCUT2D eigenvalue weighted by Crippen LogP contribution is 2.16. The first-order chi connectivity index (χ1) is 11.2. The molecule has 3 rings (SSSR count). The van der Waals surface area contributed by atoms with Gasteiger partial charge in [-0.1, -0.05) is 29.8 Å². The van der Waals surface area contributed by atoms with Crippen molar-refractivity contribution in [2.75, 3.05) is 10.6 Å². The molecule has 6 heteroatoms. The molecular formula is C17H15ClN4S. The molecule has 2 N–H and O–H groups in total. The van der Waals surface area contributed by atoms with E-state index in [0.29, 0.717) is 10.1 Å². The van der Waals surface area contributed by atoms with E-state index in [-0.39, 0.29) is 0 Å². The smallest absolute Gasteiger partial charge is 0.175 e. The molecule has 116 valence electrons. The Kier molecular flexibility index (Phi) is 4.90. The third kappa shape index (κ3) is 4.55. The molecule has 0 unspecified atom stereocenters. The lowest BCUT2D eigenvalue weighted by Crippen LogP contribution is -2.19. The average molecular weight is 343 g/mol. The van der Waals surface area contributed by atoms with Crippen molar-refractivity contribution in [2.24, 2.45) is 0 Å². The number of thiocarbonyl (C=S) groups is 1.